The smallest absolute Gasteiger partial charge is 0.232 e. The van der Waals surface area contributed by atoms with Crippen LogP contribution in [0.1, 0.15) is 6.42 Å². The van der Waals surface area contributed by atoms with Crippen LogP contribution in [0.5, 0.6) is 5.75 Å². The Morgan fingerprint density at radius 1 is 1.28 bits per heavy atom. The van der Waals surface area contributed by atoms with Crippen LogP contribution in [0.3, 0.4) is 0 Å². The summed E-state index contributed by atoms with van der Waals surface area (Å²) in [6.07, 6.45) is 8.82. The van der Waals surface area contributed by atoms with E-state index in [9.17, 15) is 8.42 Å². The minimum atomic E-state index is -3.34. The normalized spacial score (nSPS) is 21.7. The van der Waals surface area contributed by atoms with Gasteiger partial charge < -0.3 is 4.74 Å². The Hall–Kier alpha value is -1.38. The molecule has 1 aliphatic carbocycles. The lowest BCUT2D eigenvalue weighted by Crippen LogP contribution is -2.17. The number of hydrogen-bond donors (Lipinski definition) is 1. The Bertz CT molecular complexity index is 786. The second kappa shape index (κ2) is 8.33. The molecule has 0 fully saturated rings. The zero-order chi connectivity index (χ0) is 17.7. The molecule has 5 nitrogen and oxygen atoms in total. The summed E-state index contributed by atoms with van der Waals surface area (Å²) in [5, 5.41) is 0.350. The largest absolute Gasteiger partial charge is 0.497 e. The van der Waals surface area contributed by atoms with Gasteiger partial charge in [0.05, 0.1) is 23.8 Å². The summed E-state index contributed by atoms with van der Waals surface area (Å²) in [6, 6.07) is 6.84. The summed E-state index contributed by atoms with van der Waals surface area (Å²) in [4.78, 5) is 4.66. The number of anilines is 1. The molecule has 0 saturated heterocycles. The molecule has 2 aliphatic rings. The standard InChI is InChI=1S/C17H20N2O3S3/c1-22-14-9-7-13(8-10-14)19-25(20,21)12-4-11-23-17-18-15-5-2-3-6-16(15)24-17/h2-3,5-10,16-17,19H,4,11-12H2,1H3. The van der Waals surface area contributed by atoms with Gasteiger partial charge in [-0.3, -0.25) is 9.71 Å². The fourth-order valence-corrected chi connectivity index (χ4v) is 6.29. The molecule has 0 radical (unpaired) electrons. The summed E-state index contributed by atoms with van der Waals surface area (Å²) >= 11 is 3.50. The Morgan fingerprint density at radius 2 is 2.08 bits per heavy atom. The lowest BCUT2D eigenvalue weighted by Gasteiger charge is -2.10. The van der Waals surface area contributed by atoms with Crippen molar-refractivity contribution in [1.82, 2.24) is 0 Å². The van der Waals surface area contributed by atoms with E-state index in [4.69, 9.17) is 4.74 Å². The van der Waals surface area contributed by atoms with Crippen molar-refractivity contribution in [2.24, 2.45) is 4.99 Å². The Balaban J connectivity index is 1.41. The van der Waals surface area contributed by atoms with E-state index in [1.165, 1.54) is 0 Å². The third kappa shape index (κ3) is 5.29. The second-order valence-corrected chi connectivity index (χ2v) is 10.1. The molecule has 1 heterocycles. The van der Waals surface area contributed by atoms with Crippen LogP contribution < -0.4 is 9.46 Å². The summed E-state index contributed by atoms with van der Waals surface area (Å²) in [5.41, 5.74) is 1.66. The van der Waals surface area contributed by atoms with Crippen LogP contribution in [0, 0.1) is 0 Å². The van der Waals surface area contributed by atoms with E-state index in [-0.39, 0.29) is 10.5 Å². The third-order valence-electron chi connectivity index (χ3n) is 3.65. The lowest BCUT2D eigenvalue weighted by molar-refractivity contribution is 0.415. The van der Waals surface area contributed by atoms with Crippen molar-refractivity contribution in [3.63, 3.8) is 0 Å². The van der Waals surface area contributed by atoms with E-state index >= 15 is 0 Å². The molecular formula is C17H20N2O3S3. The number of benzene rings is 1. The van der Waals surface area contributed by atoms with Crippen LogP contribution in [0.4, 0.5) is 5.69 Å². The topological polar surface area (TPSA) is 67.8 Å². The first kappa shape index (κ1) is 18.4. The molecular weight excluding hydrogens is 376 g/mol. The molecule has 25 heavy (non-hydrogen) atoms. The maximum absolute atomic E-state index is 12.2. The number of hydrogen-bond acceptors (Lipinski definition) is 6. The van der Waals surface area contributed by atoms with E-state index in [2.05, 4.69) is 15.8 Å². The average Bonchev–Trinajstić information content (AvgIpc) is 3.02. The number of rotatable bonds is 8. The van der Waals surface area contributed by atoms with E-state index in [1.807, 2.05) is 18.2 Å². The maximum Gasteiger partial charge on any atom is 0.232 e. The Morgan fingerprint density at radius 3 is 2.80 bits per heavy atom. The molecule has 1 aliphatic heterocycles. The van der Waals surface area contributed by atoms with E-state index in [1.54, 1.807) is 54.9 Å². The number of thioether (sulfide) groups is 2. The highest BCUT2D eigenvalue weighted by atomic mass is 32.2. The summed E-state index contributed by atoms with van der Waals surface area (Å²) in [7, 11) is -1.76. The van der Waals surface area contributed by atoms with E-state index in [0.29, 0.717) is 23.1 Å². The number of allylic oxidation sites excluding steroid dienone is 3. The monoisotopic (exact) mass is 396 g/mol. The average molecular weight is 397 g/mol. The number of nitrogens with one attached hydrogen (secondary N) is 1. The highest BCUT2D eigenvalue weighted by molar-refractivity contribution is 8.18. The van der Waals surface area contributed by atoms with Gasteiger partial charge in [-0.1, -0.05) is 18.2 Å². The van der Waals surface area contributed by atoms with Crippen LogP contribution in [0.15, 0.2) is 53.6 Å². The minimum absolute atomic E-state index is 0.100. The van der Waals surface area contributed by atoms with Gasteiger partial charge in [-0.05, 0) is 42.5 Å². The van der Waals surface area contributed by atoms with E-state index in [0.717, 1.165) is 11.5 Å². The zero-order valence-electron chi connectivity index (χ0n) is 13.8. The fraction of sp³-hybridized carbons (Fsp3) is 0.353. The molecule has 0 aromatic heterocycles. The molecule has 0 saturated carbocycles. The van der Waals surface area contributed by atoms with Gasteiger partial charge in [0.25, 0.3) is 0 Å². The predicted octanol–water partition coefficient (Wildman–Crippen LogP) is 3.53. The number of aliphatic imine (C=N–C) groups is 1. The van der Waals surface area contributed by atoms with Crippen LogP contribution in [0.2, 0.25) is 0 Å². The van der Waals surface area contributed by atoms with Crippen molar-refractivity contribution >= 4 is 44.9 Å². The van der Waals surface area contributed by atoms with Gasteiger partial charge >= 0.3 is 0 Å². The van der Waals surface area contributed by atoms with Crippen molar-refractivity contribution in [2.45, 2.75) is 16.4 Å². The third-order valence-corrected chi connectivity index (χ3v) is 7.71. The molecule has 1 N–H and O–H groups in total. The first-order valence-corrected chi connectivity index (χ1v) is 11.5. The van der Waals surface area contributed by atoms with Gasteiger partial charge in [0.15, 0.2) is 0 Å². The minimum Gasteiger partial charge on any atom is -0.497 e. The van der Waals surface area contributed by atoms with Crippen LogP contribution >= 0.6 is 23.5 Å². The molecule has 2 atom stereocenters. The SMILES string of the molecule is COc1ccc(NS(=O)(=O)CCCSC2N=C3C=CC=CC3S2)cc1. The molecule has 0 spiro atoms. The number of methoxy groups -OCH3 is 1. The van der Waals surface area contributed by atoms with Crippen molar-refractivity contribution in [1.29, 1.82) is 0 Å². The first-order chi connectivity index (χ1) is 12.1. The van der Waals surface area contributed by atoms with Gasteiger partial charge in [-0.15, -0.1) is 23.5 Å². The van der Waals surface area contributed by atoms with Crippen molar-refractivity contribution in [3.8, 4) is 5.75 Å². The first-order valence-electron chi connectivity index (χ1n) is 7.90. The predicted molar refractivity (Wildman–Crippen MR) is 108 cm³/mol. The van der Waals surface area contributed by atoms with Gasteiger partial charge in [-0.25, -0.2) is 8.42 Å². The quantitative estimate of drug-likeness (QED) is 0.681. The van der Waals surface area contributed by atoms with Crippen LogP contribution in [-0.4, -0.2) is 42.7 Å². The van der Waals surface area contributed by atoms with Gasteiger partial charge in [0.2, 0.25) is 10.0 Å². The molecule has 1 aromatic rings. The number of nitrogens with zero attached hydrogens (tertiary/aromatic N) is 1. The highest BCUT2D eigenvalue weighted by Gasteiger charge is 2.26. The number of sulfonamides is 1. The molecule has 1 aromatic carbocycles. The molecule has 3 rings (SSSR count). The van der Waals surface area contributed by atoms with Crippen molar-refractivity contribution in [2.75, 3.05) is 23.3 Å². The molecule has 134 valence electrons. The van der Waals surface area contributed by atoms with Crippen LogP contribution in [0.25, 0.3) is 0 Å². The summed E-state index contributed by atoms with van der Waals surface area (Å²) < 4.78 is 32.1. The van der Waals surface area contributed by atoms with Gasteiger partial charge in [-0.2, -0.15) is 0 Å². The molecule has 0 bridgehead atoms. The maximum atomic E-state index is 12.2. The zero-order valence-corrected chi connectivity index (χ0v) is 16.2. The lowest BCUT2D eigenvalue weighted by atomic mass is 10.1. The highest BCUT2D eigenvalue weighted by Crippen LogP contribution is 2.37. The fourth-order valence-electron chi connectivity index (χ4n) is 2.42. The van der Waals surface area contributed by atoms with Crippen molar-refractivity contribution in [3.05, 3.63) is 48.6 Å². The molecule has 8 heteroatoms. The number of fused-ring (bicyclic) bond motifs is 1. The van der Waals surface area contributed by atoms with Gasteiger partial charge in [0.1, 0.15) is 10.5 Å². The van der Waals surface area contributed by atoms with Crippen molar-refractivity contribution < 1.29 is 13.2 Å². The summed E-state index contributed by atoms with van der Waals surface area (Å²) in [6.45, 7) is 0. The van der Waals surface area contributed by atoms with Crippen LogP contribution in [-0.2, 0) is 10.0 Å². The Labute approximate surface area is 157 Å². The number of ether oxygens (including phenoxy) is 1. The molecule has 2 unspecified atom stereocenters. The van der Waals surface area contributed by atoms with Gasteiger partial charge in [0, 0.05) is 5.69 Å². The molecule has 0 amide bonds. The summed E-state index contributed by atoms with van der Waals surface area (Å²) in [5.74, 6) is 1.56. The second-order valence-electron chi connectivity index (χ2n) is 5.54. The Kier molecular flexibility index (Phi) is 6.14. The van der Waals surface area contributed by atoms with E-state index < -0.39 is 10.0 Å².